The van der Waals surface area contributed by atoms with Crippen LogP contribution in [0, 0.1) is 5.92 Å². The van der Waals surface area contributed by atoms with Gasteiger partial charge in [-0.2, -0.15) is 18.9 Å². The van der Waals surface area contributed by atoms with E-state index < -0.39 is 12.2 Å². The van der Waals surface area contributed by atoms with Crippen molar-refractivity contribution in [1.29, 1.82) is 0 Å². The third-order valence-corrected chi connectivity index (χ3v) is 4.50. The molecule has 1 amide bonds. The number of anilines is 2. The maximum Gasteiger partial charge on any atom is 0.410 e. The Morgan fingerprint density at radius 3 is 2.81 bits per heavy atom. The predicted octanol–water partition coefficient (Wildman–Crippen LogP) is 3.96. The van der Waals surface area contributed by atoms with Crippen molar-refractivity contribution in [3.8, 4) is 11.8 Å². The smallest absolute Gasteiger partial charge is 0.410 e. The zero-order chi connectivity index (χ0) is 23.3. The number of alkyl halides is 2. The molecule has 2 aromatic heterocycles. The Morgan fingerprint density at radius 2 is 2.09 bits per heavy atom. The summed E-state index contributed by atoms with van der Waals surface area (Å²) < 4.78 is 40.3. The third-order valence-electron chi connectivity index (χ3n) is 4.50. The molecule has 12 heteroatoms. The molecule has 0 saturated carbocycles. The number of hydrogen-bond donors (Lipinski definition) is 2. The van der Waals surface area contributed by atoms with Gasteiger partial charge in [0, 0.05) is 25.6 Å². The molecule has 3 rings (SSSR count). The van der Waals surface area contributed by atoms with Crippen LogP contribution in [0.5, 0.6) is 11.8 Å². The van der Waals surface area contributed by atoms with Gasteiger partial charge < -0.3 is 24.4 Å². The van der Waals surface area contributed by atoms with Crippen molar-refractivity contribution in [1.82, 2.24) is 25.1 Å². The minimum Gasteiger partial charge on any atom is -0.473 e. The highest BCUT2D eigenvalue weighted by molar-refractivity contribution is 5.68. The standard InChI is InChI=1S/C20H28F2N6O4/c1-12-7-13(5-6-28(11-12)19(29)32-20(2,3)4)30-17-10-23-9-15(25-17)24-14-8-16(27-26-14)31-18(21)22/h8-10,12-13,18H,5-7,11H2,1-4H3,(H2,24,25,26,27)/t12-,13+/m0/s1. The number of halogens is 2. The Kier molecular flexibility index (Phi) is 7.31. The molecule has 2 N–H and O–H groups in total. The summed E-state index contributed by atoms with van der Waals surface area (Å²) >= 11 is 0. The molecule has 1 aliphatic rings. The van der Waals surface area contributed by atoms with Gasteiger partial charge in [-0.15, -0.1) is 0 Å². The number of aromatic amines is 1. The molecular formula is C20H28F2N6O4. The average Bonchev–Trinajstić information content (AvgIpc) is 3.00. The minimum atomic E-state index is -2.95. The number of carbonyl (C=O) groups excluding carboxylic acids is 1. The number of nitrogens with one attached hydrogen (secondary N) is 2. The lowest BCUT2D eigenvalue weighted by molar-refractivity contribution is -0.0528. The zero-order valence-electron chi connectivity index (χ0n) is 18.5. The van der Waals surface area contributed by atoms with Gasteiger partial charge in [-0.1, -0.05) is 6.92 Å². The first-order valence-electron chi connectivity index (χ1n) is 10.3. The Labute approximate surface area is 184 Å². The first kappa shape index (κ1) is 23.5. The predicted molar refractivity (Wildman–Crippen MR) is 111 cm³/mol. The van der Waals surface area contributed by atoms with Crippen LogP contribution in [-0.2, 0) is 4.74 Å². The van der Waals surface area contributed by atoms with Crippen molar-refractivity contribution < 1.29 is 27.8 Å². The molecule has 2 aromatic rings. The third kappa shape index (κ3) is 7.20. The molecule has 3 heterocycles. The molecule has 0 aromatic carbocycles. The summed E-state index contributed by atoms with van der Waals surface area (Å²) in [6.45, 7) is 5.72. The highest BCUT2D eigenvalue weighted by atomic mass is 19.3. The van der Waals surface area contributed by atoms with E-state index >= 15 is 0 Å². The molecule has 2 atom stereocenters. The molecule has 32 heavy (non-hydrogen) atoms. The van der Waals surface area contributed by atoms with E-state index in [1.807, 2.05) is 20.8 Å². The van der Waals surface area contributed by atoms with E-state index in [1.54, 1.807) is 4.90 Å². The topological polar surface area (TPSA) is 114 Å². The number of hydrogen-bond acceptors (Lipinski definition) is 8. The second-order valence-corrected chi connectivity index (χ2v) is 8.66. The number of aromatic nitrogens is 4. The summed E-state index contributed by atoms with van der Waals surface area (Å²) in [5.74, 6) is 0.904. The first-order chi connectivity index (χ1) is 15.1. The summed E-state index contributed by atoms with van der Waals surface area (Å²) in [4.78, 5) is 22.6. The van der Waals surface area contributed by atoms with Crippen molar-refractivity contribution in [2.24, 2.45) is 5.92 Å². The lowest BCUT2D eigenvalue weighted by atomic mass is 10.0. The normalized spacial score (nSPS) is 19.4. The molecule has 0 radical (unpaired) electrons. The van der Waals surface area contributed by atoms with Crippen LogP contribution in [0.2, 0.25) is 0 Å². The fraction of sp³-hybridized carbons (Fsp3) is 0.600. The summed E-state index contributed by atoms with van der Waals surface area (Å²) in [7, 11) is 0. The van der Waals surface area contributed by atoms with Crippen LogP contribution in [0.25, 0.3) is 0 Å². The monoisotopic (exact) mass is 454 g/mol. The SMILES string of the molecule is C[C@H]1C[C@H](Oc2cncc(Nc3cc(OC(F)F)[nH]n3)n2)CCN(C(=O)OC(C)(C)C)C1. The zero-order valence-corrected chi connectivity index (χ0v) is 18.5. The van der Waals surface area contributed by atoms with Crippen molar-refractivity contribution in [2.45, 2.75) is 58.9 Å². The Morgan fingerprint density at radius 1 is 1.31 bits per heavy atom. The number of likely N-dealkylation sites (tertiary alicyclic amines) is 1. The molecule has 0 unspecified atom stereocenters. The van der Waals surface area contributed by atoms with E-state index in [0.29, 0.717) is 31.2 Å². The van der Waals surface area contributed by atoms with Gasteiger partial charge in [0.15, 0.2) is 11.6 Å². The molecule has 10 nitrogen and oxygen atoms in total. The molecular weight excluding hydrogens is 426 g/mol. The lowest BCUT2D eigenvalue weighted by Gasteiger charge is -2.27. The highest BCUT2D eigenvalue weighted by Crippen LogP contribution is 2.24. The largest absolute Gasteiger partial charge is 0.473 e. The molecule has 1 fully saturated rings. The Hall–Kier alpha value is -3.18. The van der Waals surface area contributed by atoms with Crippen LogP contribution in [0.15, 0.2) is 18.5 Å². The fourth-order valence-corrected chi connectivity index (χ4v) is 3.30. The molecule has 0 spiro atoms. The Bertz CT molecular complexity index is 904. The van der Waals surface area contributed by atoms with Crippen molar-refractivity contribution in [3.63, 3.8) is 0 Å². The summed E-state index contributed by atoms with van der Waals surface area (Å²) in [6, 6.07) is 1.28. The van der Waals surface area contributed by atoms with Crippen LogP contribution >= 0.6 is 0 Å². The van der Waals surface area contributed by atoms with Crippen LogP contribution in [0.1, 0.15) is 40.5 Å². The second-order valence-electron chi connectivity index (χ2n) is 8.66. The van der Waals surface area contributed by atoms with E-state index in [0.717, 1.165) is 6.42 Å². The van der Waals surface area contributed by atoms with Gasteiger partial charge in [0.05, 0.1) is 12.4 Å². The van der Waals surface area contributed by atoms with Crippen molar-refractivity contribution >= 4 is 17.7 Å². The van der Waals surface area contributed by atoms with Gasteiger partial charge in [-0.25, -0.2) is 9.89 Å². The van der Waals surface area contributed by atoms with Gasteiger partial charge >= 0.3 is 12.7 Å². The quantitative estimate of drug-likeness (QED) is 0.674. The van der Waals surface area contributed by atoms with E-state index in [-0.39, 0.29) is 29.8 Å². The summed E-state index contributed by atoms with van der Waals surface area (Å²) in [5, 5.41) is 9.02. The number of amides is 1. The van der Waals surface area contributed by atoms with Gasteiger partial charge in [0.1, 0.15) is 11.7 Å². The van der Waals surface area contributed by atoms with Crippen LogP contribution < -0.4 is 14.8 Å². The van der Waals surface area contributed by atoms with Gasteiger partial charge in [-0.3, -0.25) is 4.98 Å². The fourth-order valence-electron chi connectivity index (χ4n) is 3.30. The van der Waals surface area contributed by atoms with Crippen molar-refractivity contribution in [2.75, 3.05) is 18.4 Å². The maximum absolute atomic E-state index is 12.4. The van der Waals surface area contributed by atoms with Gasteiger partial charge in [0.2, 0.25) is 11.8 Å². The van der Waals surface area contributed by atoms with Crippen LogP contribution in [-0.4, -0.2) is 62.6 Å². The first-order valence-corrected chi connectivity index (χ1v) is 10.3. The van der Waals surface area contributed by atoms with E-state index in [9.17, 15) is 13.6 Å². The van der Waals surface area contributed by atoms with E-state index in [4.69, 9.17) is 9.47 Å². The number of ether oxygens (including phenoxy) is 3. The second kappa shape index (κ2) is 9.96. The van der Waals surface area contributed by atoms with E-state index in [1.165, 1.54) is 18.5 Å². The number of H-pyrrole nitrogens is 1. The summed E-state index contributed by atoms with van der Waals surface area (Å²) in [5.41, 5.74) is -0.549. The minimum absolute atomic E-state index is 0.154. The van der Waals surface area contributed by atoms with Crippen LogP contribution in [0.4, 0.5) is 25.2 Å². The Balaban J connectivity index is 1.59. The number of carbonyl (C=O) groups is 1. The maximum atomic E-state index is 12.4. The molecule has 0 aliphatic carbocycles. The van der Waals surface area contributed by atoms with Crippen LogP contribution in [0.3, 0.4) is 0 Å². The number of rotatable bonds is 6. The average molecular weight is 454 g/mol. The van der Waals surface area contributed by atoms with Crippen molar-refractivity contribution in [3.05, 3.63) is 18.5 Å². The molecule has 176 valence electrons. The van der Waals surface area contributed by atoms with Gasteiger partial charge in [0.25, 0.3) is 0 Å². The summed E-state index contributed by atoms with van der Waals surface area (Å²) in [6.07, 6.45) is 3.82. The highest BCUT2D eigenvalue weighted by Gasteiger charge is 2.29. The molecule has 1 saturated heterocycles. The lowest BCUT2D eigenvalue weighted by Crippen LogP contribution is -2.38. The molecule has 0 bridgehead atoms. The number of nitrogens with zero attached hydrogens (tertiary/aromatic N) is 4. The van der Waals surface area contributed by atoms with E-state index in [2.05, 4.69) is 37.1 Å². The van der Waals surface area contributed by atoms with Gasteiger partial charge in [-0.05, 0) is 33.1 Å². The molecule has 1 aliphatic heterocycles.